The molecular weight excluding hydrogens is 471 g/mol. The van der Waals surface area contributed by atoms with E-state index in [2.05, 4.69) is 42.3 Å². The Balaban J connectivity index is 1.64. The lowest BCUT2D eigenvalue weighted by Gasteiger charge is -2.21. The molecule has 1 heterocycles. The molecule has 0 radical (unpaired) electrons. The lowest BCUT2D eigenvalue weighted by atomic mass is 9.84. The van der Waals surface area contributed by atoms with E-state index in [1.54, 1.807) is 18.3 Å². The van der Waals surface area contributed by atoms with Gasteiger partial charge in [-0.05, 0) is 75.3 Å². The predicted molar refractivity (Wildman–Crippen MR) is 143 cm³/mol. The lowest BCUT2D eigenvalue weighted by Crippen LogP contribution is -2.25. The minimum absolute atomic E-state index is 0.0887. The van der Waals surface area contributed by atoms with Gasteiger partial charge >= 0.3 is 0 Å². The van der Waals surface area contributed by atoms with Crippen LogP contribution in [0.15, 0.2) is 90.4 Å². The topological polar surface area (TPSA) is 51.2 Å². The third kappa shape index (κ3) is 4.99. The van der Waals surface area contributed by atoms with E-state index in [0.29, 0.717) is 22.1 Å². The van der Waals surface area contributed by atoms with Crippen LogP contribution in [0.25, 0.3) is 21.9 Å². The van der Waals surface area contributed by atoms with Crippen molar-refractivity contribution in [1.29, 1.82) is 0 Å². The van der Waals surface area contributed by atoms with E-state index < -0.39 is 0 Å². The van der Waals surface area contributed by atoms with Gasteiger partial charge in [-0.2, -0.15) is 0 Å². The summed E-state index contributed by atoms with van der Waals surface area (Å²) in [5, 5.41) is 7.16. The molecule has 1 N–H and O–H groups in total. The Kier molecular flexibility index (Phi) is 6.78. The zero-order valence-electron chi connectivity index (χ0n) is 20.0. The van der Waals surface area contributed by atoms with Crippen molar-refractivity contribution in [3.8, 4) is 22.1 Å². The van der Waals surface area contributed by atoms with Gasteiger partial charge in [0.1, 0.15) is 11.6 Å². The molecule has 1 amide bonds. The normalized spacial score (nSPS) is 11.1. The summed E-state index contributed by atoms with van der Waals surface area (Å²) in [6.07, 6.45) is 1.70. The number of carbonyl (C=O) groups is 1. The number of fused-ring (bicyclic) bond motifs is 1. The number of nitrogens with one attached hydrogen (secondary N) is 1. The number of hydrogen-bond donors (Lipinski definition) is 1. The van der Waals surface area contributed by atoms with Crippen LogP contribution >= 0.6 is 11.3 Å². The Morgan fingerprint density at radius 2 is 1.86 bits per heavy atom. The highest BCUT2D eigenvalue weighted by Gasteiger charge is 2.23. The zero-order chi connectivity index (χ0) is 25.1. The molecule has 1 aromatic heterocycles. The van der Waals surface area contributed by atoms with Gasteiger partial charge in [0.25, 0.3) is 11.1 Å². The molecule has 0 saturated carbocycles. The molecule has 0 atom stereocenters. The molecule has 6 heteroatoms. The molecule has 5 rings (SSSR count). The third-order valence-electron chi connectivity index (χ3n) is 6.00. The summed E-state index contributed by atoms with van der Waals surface area (Å²) in [4.78, 5) is 17.9. The van der Waals surface area contributed by atoms with Gasteiger partial charge in [0, 0.05) is 18.1 Å². The molecule has 4 nitrogen and oxygen atoms in total. The maximum atomic E-state index is 13.7. The first-order valence-corrected chi connectivity index (χ1v) is 12.6. The summed E-state index contributed by atoms with van der Waals surface area (Å²) in [6.45, 7) is 4.42. The Hall–Kier alpha value is -4.03. The minimum atomic E-state index is -0.325. The molecule has 0 saturated heterocycles. The minimum Gasteiger partial charge on any atom is -0.431 e. The van der Waals surface area contributed by atoms with E-state index in [9.17, 15) is 9.18 Å². The van der Waals surface area contributed by atoms with Crippen molar-refractivity contribution in [3.05, 3.63) is 113 Å². The second kappa shape index (κ2) is 10.3. The Labute approximate surface area is 213 Å². The summed E-state index contributed by atoms with van der Waals surface area (Å²) in [6, 6.07) is 24.2. The summed E-state index contributed by atoms with van der Waals surface area (Å²) >= 11 is 1.42. The van der Waals surface area contributed by atoms with Gasteiger partial charge in [-0.15, -0.1) is 0 Å². The van der Waals surface area contributed by atoms with Crippen molar-refractivity contribution in [2.75, 3.05) is 0 Å². The van der Waals surface area contributed by atoms with Gasteiger partial charge in [-0.25, -0.2) is 9.37 Å². The molecule has 5 aromatic rings. The van der Waals surface area contributed by atoms with Crippen LogP contribution in [0.4, 0.5) is 4.39 Å². The number of ether oxygens (including phenoxy) is 1. The van der Waals surface area contributed by atoms with Gasteiger partial charge in [-0.3, -0.25) is 4.79 Å². The smallest absolute Gasteiger partial charge is 0.278 e. The first-order chi connectivity index (χ1) is 17.5. The van der Waals surface area contributed by atoms with Crippen LogP contribution in [0, 0.1) is 5.82 Å². The van der Waals surface area contributed by atoms with Crippen LogP contribution in [0.1, 0.15) is 41.3 Å². The molecule has 0 aliphatic rings. The molecule has 4 aromatic carbocycles. The van der Waals surface area contributed by atoms with E-state index >= 15 is 0 Å². The maximum absolute atomic E-state index is 13.7. The quantitative estimate of drug-likeness (QED) is 0.249. The number of thiazole rings is 1. The molecule has 0 unspecified atom stereocenters. The summed E-state index contributed by atoms with van der Waals surface area (Å²) in [5.74, 6) is 0.221. The van der Waals surface area contributed by atoms with Crippen molar-refractivity contribution >= 4 is 28.0 Å². The molecule has 0 aliphatic heterocycles. The molecule has 36 heavy (non-hydrogen) atoms. The van der Waals surface area contributed by atoms with Crippen LogP contribution < -0.4 is 10.1 Å². The van der Waals surface area contributed by atoms with Crippen LogP contribution in [-0.4, -0.2) is 10.9 Å². The first-order valence-electron chi connectivity index (χ1n) is 11.8. The molecule has 0 fully saturated rings. The average molecular weight is 497 g/mol. The third-order valence-corrected chi connectivity index (χ3v) is 6.65. The number of benzene rings is 4. The molecule has 0 bridgehead atoms. The highest BCUT2D eigenvalue weighted by Crippen LogP contribution is 2.39. The van der Waals surface area contributed by atoms with Gasteiger partial charge < -0.3 is 10.1 Å². The fourth-order valence-corrected chi connectivity index (χ4v) is 4.95. The van der Waals surface area contributed by atoms with Crippen molar-refractivity contribution in [2.45, 2.75) is 26.3 Å². The second-order valence-corrected chi connectivity index (χ2v) is 9.69. The van der Waals surface area contributed by atoms with E-state index in [0.717, 1.165) is 27.5 Å². The number of nitrogens with zero attached hydrogens (tertiary/aromatic N) is 1. The summed E-state index contributed by atoms with van der Waals surface area (Å²) in [7, 11) is 0. The van der Waals surface area contributed by atoms with Gasteiger partial charge in [0.2, 0.25) is 0 Å². The zero-order valence-corrected chi connectivity index (χ0v) is 20.8. The second-order valence-electron chi connectivity index (χ2n) is 8.83. The van der Waals surface area contributed by atoms with Crippen LogP contribution in [0.5, 0.6) is 10.9 Å². The van der Waals surface area contributed by atoms with Crippen molar-refractivity contribution in [1.82, 2.24) is 10.3 Å². The lowest BCUT2D eigenvalue weighted by molar-refractivity contribution is 0.0951. The van der Waals surface area contributed by atoms with E-state index in [4.69, 9.17) is 4.74 Å². The number of rotatable bonds is 7. The molecule has 0 aliphatic carbocycles. The van der Waals surface area contributed by atoms with Crippen molar-refractivity contribution < 1.29 is 13.9 Å². The Bertz CT molecular complexity index is 1520. The number of hydrogen-bond acceptors (Lipinski definition) is 4. The van der Waals surface area contributed by atoms with Crippen LogP contribution in [0.2, 0.25) is 0 Å². The Morgan fingerprint density at radius 1 is 1.03 bits per heavy atom. The summed E-state index contributed by atoms with van der Waals surface area (Å²) in [5.41, 5.74) is 4.34. The largest absolute Gasteiger partial charge is 0.431 e. The monoisotopic (exact) mass is 496 g/mol. The van der Waals surface area contributed by atoms with Crippen molar-refractivity contribution in [2.24, 2.45) is 0 Å². The fraction of sp³-hybridized carbons (Fsp3) is 0.133. The van der Waals surface area contributed by atoms with E-state index in [-0.39, 0.29) is 24.2 Å². The fourth-order valence-electron chi connectivity index (χ4n) is 4.44. The van der Waals surface area contributed by atoms with Crippen molar-refractivity contribution in [3.63, 3.8) is 0 Å². The molecular formula is C30H25FN2O2S. The van der Waals surface area contributed by atoms with Crippen LogP contribution in [-0.2, 0) is 6.54 Å². The number of carbonyl (C=O) groups excluding carboxylic acids is 1. The van der Waals surface area contributed by atoms with Gasteiger partial charge in [0.15, 0.2) is 0 Å². The summed E-state index contributed by atoms with van der Waals surface area (Å²) < 4.78 is 19.6. The van der Waals surface area contributed by atoms with Gasteiger partial charge in [0.05, 0.1) is 5.56 Å². The highest BCUT2D eigenvalue weighted by atomic mass is 32.1. The average Bonchev–Trinajstić information content (AvgIpc) is 3.39. The SMILES string of the molecule is CC(C)c1c(-c2ccccc2)cc2cc(Oc3nccs3)ccc2c1C(=O)NCc1cccc(F)c1. The molecule has 180 valence electrons. The highest BCUT2D eigenvalue weighted by molar-refractivity contribution is 7.11. The number of amides is 1. The number of aromatic nitrogens is 1. The first kappa shape index (κ1) is 23.7. The Morgan fingerprint density at radius 3 is 2.58 bits per heavy atom. The standard InChI is InChI=1S/C30H25FN2O2S/c1-19(2)27-26(21-8-4-3-5-9-21)17-22-16-24(35-30-32-13-14-36-30)11-12-25(22)28(27)29(34)33-18-20-7-6-10-23(31)15-20/h3-17,19H,18H2,1-2H3,(H,33,34). The maximum Gasteiger partial charge on any atom is 0.278 e. The molecule has 0 spiro atoms. The number of halogens is 1. The van der Waals surface area contributed by atoms with Gasteiger partial charge in [-0.1, -0.05) is 67.6 Å². The van der Waals surface area contributed by atoms with E-state index in [1.165, 1.54) is 23.5 Å². The predicted octanol–water partition coefficient (Wildman–Crippen LogP) is 7.95. The van der Waals surface area contributed by atoms with Crippen LogP contribution in [0.3, 0.4) is 0 Å². The van der Waals surface area contributed by atoms with E-state index in [1.807, 2.05) is 41.8 Å².